The van der Waals surface area contributed by atoms with Crippen molar-refractivity contribution in [1.82, 2.24) is 20.7 Å². The van der Waals surface area contributed by atoms with Crippen LogP contribution in [0.1, 0.15) is 35.4 Å². The van der Waals surface area contributed by atoms with Gasteiger partial charge in [0.1, 0.15) is 11.6 Å². The Morgan fingerprint density at radius 1 is 1.25 bits per heavy atom. The predicted molar refractivity (Wildman–Crippen MR) is 105 cm³/mol. The van der Waals surface area contributed by atoms with Gasteiger partial charge in [-0.05, 0) is 37.3 Å². The molecule has 4 rings (SSSR count). The molecule has 1 aromatic heterocycles. The molecule has 0 radical (unpaired) electrons. The van der Waals surface area contributed by atoms with Crippen molar-refractivity contribution < 1.29 is 13.9 Å². The maximum atomic E-state index is 13.8. The summed E-state index contributed by atoms with van der Waals surface area (Å²) in [6.07, 6.45) is 0.350. The molecule has 2 aromatic carbocycles. The molecule has 0 aliphatic carbocycles. The number of fused-ring (bicyclic) bond motifs is 1. The van der Waals surface area contributed by atoms with E-state index in [9.17, 15) is 9.18 Å². The summed E-state index contributed by atoms with van der Waals surface area (Å²) >= 11 is 0. The minimum absolute atomic E-state index is 0.0178. The van der Waals surface area contributed by atoms with E-state index in [0.717, 1.165) is 28.9 Å². The molecule has 2 atom stereocenters. The van der Waals surface area contributed by atoms with Crippen molar-refractivity contribution in [3.05, 3.63) is 65.6 Å². The fourth-order valence-corrected chi connectivity index (χ4v) is 3.75. The lowest BCUT2D eigenvalue weighted by Crippen LogP contribution is -2.44. The highest BCUT2D eigenvalue weighted by Crippen LogP contribution is 2.30. The number of halogens is 1. The number of ether oxygens (including phenoxy) is 1. The van der Waals surface area contributed by atoms with Gasteiger partial charge in [-0.3, -0.25) is 4.79 Å². The van der Waals surface area contributed by atoms with Crippen molar-refractivity contribution in [3.8, 4) is 5.75 Å². The van der Waals surface area contributed by atoms with Crippen molar-refractivity contribution in [2.45, 2.75) is 32.1 Å². The van der Waals surface area contributed by atoms with Gasteiger partial charge in [0, 0.05) is 30.1 Å². The van der Waals surface area contributed by atoms with E-state index in [1.165, 1.54) is 12.1 Å². The first-order valence-electron chi connectivity index (χ1n) is 9.34. The van der Waals surface area contributed by atoms with E-state index in [1.54, 1.807) is 19.2 Å². The fourth-order valence-electron chi connectivity index (χ4n) is 3.75. The van der Waals surface area contributed by atoms with Crippen LogP contribution in [0.5, 0.6) is 5.75 Å². The second-order valence-electron chi connectivity index (χ2n) is 6.82. The Morgan fingerprint density at radius 2 is 2.07 bits per heavy atom. The number of nitrogens with one attached hydrogen (secondary N) is 3. The standard InChI is InChI=1S/C21H23FN4O2/c1-3-26-18-11-14(28-2)9-8-13(18)10-19(26)17-12-20(25-24-17)23-21(27)15-6-4-5-7-16(15)22/h4-11,17,20,24-25H,3,12H2,1-2H3,(H,23,27). The molecule has 2 unspecified atom stereocenters. The summed E-state index contributed by atoms with van der Waals surface area (Å²) < 4.78 is 21.4. The number of hydrazine groups is 1. The van der Waals surface area contributed by atoms with Gasteiger partial charge >= 0.3 is 0 Å². The zero-order valence-electron chi connectivity index (χ0n) is 15.8. The highest BCUT2D eigenvalue weighted by Gasteiger charge is 2.29. The summed E-state index contributed by atoms with van der Waals surface area (Å²) in [5, 5.41) is 3.98. The lowest BCUT2D eigenvalue weighted by Gasteiger charge is -2.14. The molecule has 0 spiro atoms. The Balaban J connectivity index is 1.53. The number of carbonyl (C=O) groups is 1. The molecule has 146 valence electrons. The molecule has 7 heteroatoms. The highest BCUT2D eigenvalue weighted by molar-refractivity contribution is 5.94. The molecule has 2 heterocycles. The van der Waals surface area contributed by atoms with E-state index in [1.807, 2.05) is 18.2 Å². The summed E-state index contributed by atoms with van der Waals surface area (Å²) in [6.45, 7) is 2.92. The zero-order valence-corrected chi connectivity index (χ0v) is 15.8. The van der Waals surface area contributed by atoms with Gasteiger partial charge in [0.2, 0.25) is 0 Å². The molecule has 28 heavy (non-hydrogen) atoms. The summed E-state index contributed by atoms with van der Waals surface area (Å²) in [4.78, 5) is 12.4. The van der Waals surface area contributed by atoms with E-state index in [4.69, 9.17) is 4.74 Å². The molecule has 3 N–H and O–H groups in total. The van der Waals surface area contributed by atoms with Crippen LogP contribution in [0.15, 0.2) is 48.5 Å². The average Bonchev–Trinajstić information content (AvgIpc) is 3.31. The highest BCUT2D eigenvalue weighted by atomic mass is 19.1. The largest absolute Gasteiger partial charge is 0.497 e. The van der Waals surface area contributed by atoms with Gasteiger partial charge in [0.15, 0.2) is 0 Å². The Morgan fingerprint density at radius 3 is 2.82 bits per heavy atom. The van der Waals surface area contributed by atoms with Crippen molar-refractivity contribution in [1.29, 1.82) is 0 Å². The molecular formula is C21H23FN4O2. The van der Waals surface area contributed by atoms with Crippen molar-refractivity contribution >= 4 is 16.8 Å². The molecule has 1 saturated heterocycles. The Kier molecular flexibility index (Phi) is 5.02. The molecule has 6 nitrogen and oxygen atoms in total. The van der Waals surface area contributed by atoms with Crippen LogP contribution >= 0.6 is 0 Å². The topological polar surface area (TPSA) is 67.3 Å². The Labute approximate surface area is 162 Å². The van der Waals surface area contributed by atoms with Crippen LogP contribution in [0, 0.1) is 5.82 Å². The number of rotatable bonds is 5. The Hall–Kier alpha value is -2.90. The van der Waals surface area contributed by atoms with Crippen LogP contribution < -0.4 is 20.9 Å². The first-order chi connectivity index (χ1) is 13.6. The maximum Gasteiger partial charge on any atom is 0.255 e. The third-order valence-corrected chi connectivity index (χ3v) is 5.14. The van der Waals surface area contributed by atoms with E-state index in [2.05, 4.69) is 33.7 Å². The number of benzene rings is 2. The third-order valence-electron chi connectivity index (χ3n) is 5.14. The summed E-state index contributed by atoms with van der Waals surface area (Å²) in [5.74, 6) is -0.138. The van der Waals surface area contributed by atoms with Crippen molar-refractivity contribution in [2.75, 3.05) is 7.11 Å². The lowest BCUT2D eigenvalue weighted by molar-refractivity contribution is 0.0928. The molecular weight excluding hydrogens is 359 g/mol. The third kappa shape index (κ3) is 3.34. The Bertz CT molecular complexity index is 1020. The van der Waals surface area contributed by atoms with Gasteiger partial charge in [-0.15, -0.1) is 0 Å². The lowest BCUT2D eigenvalue weighted by atomic mass is 10.1. The van der Waals surface area contributed by atoms with E-state index < -0.39 is 11.7 Å². The monoisotopic (exact) mass is 382 g/mol. The smallest absolute Gasteiger partial charge is 0.255 e. The molecule has 1 fully saturated rings. The number of hydrogen-bond donors (Lipinski definition) is 3. The van der Waals surface area contributed by atoms with Crippen molar-refractivity contribution in [2.24, 2.45) is 0 Å². The maximum absolute atomic E-state index is 13.8. The first-order valence-corrected chi connectivity index (χ1v) is 9.34. The number of carbonyl (C=O) groups excluding carboxylic acids is 1. The number of aromatic nitrogens is 1. The molecule has 0 bridgehead atoms. The summed E-state index contributed by atoms with van der Waals surface area (Å²) in [6, 6.07) is 14.2. The van der Waals surface area contributed by atoms with Gasteiger partial charge in [-0.2, -0.15) is 0 Å². The molecule has 1 amide bonds. The van der Waals surface area contributed by atoms with Crippen LogP contribution in [0.25, 0.3) is 10.9 Å². The number of amides is 1. The van der Waals surface area contributed by atoms with E-state index in [0.29, 0.717) is 6.42 Å². The summed E-state index contributed by atoms with van der Waals surface area (Å²) in [7, 11) is 1.66. The van der Waals surface area contributed by atoms with Crippen molar-refractivity contribution in [3.63, 3.8) is 0 Å². The van der Waals surface area contributed by atoms with Crippen LogP contribution in [-0.4, -0.2) is 23.7 Å². The second-order valence-corrected chi connectivity index (χ2v) is 6.82. The number of hydrogen-bond acceptors (Lipinski definition) is 4. The number of methoxy groups -OCH3 is 1. The number of nitrogens with zero attached hydrogens (tertiary/aromatic N) is 1. The van der Waals surface area contributed by atoms with Gasteiger partial charge in [-0.1, -0.05) is 12.1 Å². The normalized spacial score (nSPS) is 19.1. The minimum atomic E-state index is -0.525. The minimum Gasteiger partial charge on any atom is -0.497 e. The quantitative estimate of drug-likeness (QED) is 0.634. The summed E-state index contributed by atoms with van der Waals surface area (Å²) in [5.41, 5.74) is 8.63. The van der Waals surface area contributed by atoms with Gasteiger partial charge in [0.25, 0.3) is 5.91 Å². The SMILES string of the molecule is CCn1c(C2CC(NC(=O)c3ccccc3F)NN2)cc2ccc(OC)cc21. The van der Waals surface area contributed by atoms with Crippen LogP contribution in [-0.2, 0) is 6.54 Å². The number of aryl methyl sites for hydroxylation is 1. The first kappa shape index (κ1) is 18.5. The van der Waals surface area contributed by atoms with Crippen LogP contribution in [0.3, 0.4) is 0 Å². The molecule has 1 aliphatic heterocycles. The van der Waals surface area contributed by atoms with Gasteiger partial charge in [-0.25, -0.2) is 15.2 Å². The fraction of sp³-hybridized carbons (Fsp3) is 0.286. The molecule has 1 aliphatic rings. The van der Waals surface area contributed by atoms with Crippen LogP contribution in [0.2, 0.25) is 0 Å². The molecule has 0 saturated carbocycles. The predicted octanol–water partition coefficient (Wildman–Crippen LogP) is 3.10. The van der Waals surface area contributed by atoms with E-state index in [-0.39, 0.29) is 17.8 Å². The molecule has 3 aromatic rings. The van der Waals surface area contributed by atoms with Gasteiger partial charge in [0.05, 0.1) is 30.4 Å². The zero-order chi connectivity index (χ0) is 19.7. The van der Waals surface area contributed by atoms with E-state index >= 15 is 0 Å². The average molecular weight is 382 g/mol. The van der Waals surface area contributed by atoms with Crippen LogP contribution in [0.4, 0.5) is 4.39 Å². The second kappa shape index (κ2) is 7.61. The van der Waals surface area contributed by atoms with Gasteiger partial charge < -0.3 is 14.6 Å².